The molecule has 0 N–H and O–H groups in total. The molecule has 2 heterocycles. The Labute approximate surface area is 306 Å². The average Bonchev–Trinajstić information content (AvgIpc) is 3.72. The van der Waals surface area contributed by atoms with E-state index in [1.165, 1.54) is 70.4 Å². The van der Waals surface area contributed by atoms with Crippen LogP contribution in [0.4, 0.5) is 17.1 Å². The van der Waals surface area contributed by atoms with E-state index in [2.05, 4.69) is 193 Å². The number of thiophene rings is 1. The smallest absolute Gasteiger partial charge is 0.132 e. The van der Waals surface area contributed by atoms with Gasteiger partial charge in [-0.25, -0.2) is 0 Å². The normalized spacial score (nSPS) is 13.3. The highest BCUT2D eigenvalue weighted by Gasteiger charge is 2.51. The molecule has 2 nitrogen and oxygen atoms in total. The Bertz CT molecular complexity index is 2790. The Morgan fingerprint density at radius 3 is 1.81 bits per heavy atom. The summed E-state index contributed by atoms with van der Waals surface area (Å²) in [5.41, 5.74) is 12.9. The predicted octanol–water partition coefficient (Wildman–Crippen LogP) is 13.7. The van der Waals surface area contributed by atoms with Crippen molar-refractivity contribution in [2.45, 2.75) is 5.41 Å². The third-order valence-corrected chi connectivity index (χ3v) is 12.0. The van der Waals surface area contributed by atoms with E-state index in [-0.39, 0.29) is 0 Å². The maximum absolute atomic E-state index is 6.59. The fraction of sp³-hybridized carbons (Fsp3) is 0.0204. The zero-order valence-electron chi connectivity index (χ0n) is 28.2. The first kappa shape index (κ1) is 29.3. The molecule has 2 aliphatic rings. The molecule has 0 unspecified atom stereocenters. The molecular formula is C49H31NOS. The van der Waals surface area contributed by atoms with Gasteiger partial charge in [0, 0.05) is 42.7 Å². The van der Waals surface area contributed by atoms with Gasteiger partial charge in [0.2, 0.25) is 0 Å². The van der Waals surface area contributed by atoms with E-state index in [0.717, 1.165) is 22.9 Å². The predicted molar refractivity (Wildman–Crippen MR) is 217 cm³/mol. The van der Waals surface area contributed by atoms with Crippen LogP contribution in [0.25, 0.3) is 42.4 Å². The third kappa shape index (κ3) is 4.11. The van der Waals surface area contributed by atoms with E-state index >= 15 is 0 Å². The summed E-state index contributed by atoms with van der Waals surface area (Å²) < 4.78 is 9.14. The molecule has 3 heteroatoms. The number of rotatable bonds is 4. The maximum atomic E-state index is 6.59. The summed E-state index contributed by atoms with van der Waals surface area (Å²) in [5, 5.41) is 2.54. The van der Waals surface area contributed by atoms with Crippen LogP contribution >= 0.6 is 11.3 Å². The van der Waals surface area contributed by atoms with Gasteiger partial charge < -0.3 is 9.64 Å². The summed E-state index contributed by atoms with van der Waals surface area (Å²) in [5.74, 6) is 1.83. The molecule has 0 atom stereocenters. The van der Waals surface area contributed by atoms with E-state index in [1.807, 2.05) is 11.3 Å². The fourth-order valence-electron chi connectivity index (χ4n) is 8.80. The summed E-state index contributed by atoms with van der Waals surface area (Å²) in [6, 6.07) is 68.2. The van der Waals surface area contributed by atoms with Gasteiger partial charge in [0.1, 0.15) is 11.5 Å². The number of fused-ring (bicyclic) bond motifs is 12. The minimum Gasteiger partial charge on any atom is -0.457 e. The van der Waals surface area contributed by atoms with Gasteiger partial charge in [-0.1, -0.05) is 127 Å². The maximum Gasteiger partial charge on any atom is 0.132 e. The number of benzene rings is 8. The van der Waals surface area contributed by atoms with Crippen LogP contribution in [0.3, 0.4) is 0 Å². The molecule has 0 fully saturated rings. The van der Waals surface area contributed by atoms with Crippen molar-refractivity contribution < 1.29 is 4.74 Å². The molecule has 0 radical (unpaired) electrons. The zero-order valence-corrected chi connectivity index (χ0v) is 29.0. The minimum absolute atomic E-state index is 0.488. The molecule has 244 valence electrons. The molecule has 1 aliphatic heterocycles. The van der Waals surface area contributed by atoms with Crippen molar-refractivity contribution in [1.29, 1.82) is 0 Å². The van der Waals surface area contributed by atoms with Crippen molar-refractivity contribution in [3.8, 4) is 33.8 Å². The van der Waals surface area contributed by atoms with Crippen LogP contribution in [0.5, 0.6) is 11.5 Å². The molecule has 0 saturated carbocycles. The molecule has 9 aromatic rings. The van der Waals surface area contributed by atoms with Gasteiger partial charge in [-0.05, 0) is 94.0 Å². The Hall–Kier alpha value is -6.42. The van der Waals surface area contributed by atoms with Crippen LogP contribution in [-0.2, 0) is 5.41 Å². The second kappa shape index (κ2) is 11.3. The molecule has 8 aromatic carbocycles. The lowest BCUT2D eigenvalue weighted by atomic mass is 9.66. The largest absolute Gasteiger partial charge is 0.457 e. The molecular weight excluding hydrogens is 651 g/mol. The van der Waals surface area contributed by atoms with E-state index in [0.29, 0.717) is 0 Å². The number of nitrogens with zero attached hydrogens (tertiary/aromatic N) is 1. The minimum atomic E-state index is -0.488. The molecule has 1 aliphatic carbocycles. The Kier molecular flexibility index (Phi) is 6.37. The van der Waals surface area contributed by atoms with Crippen LogP contribution in [0.1, 0.15) is 22.3 Å². The van der Waals surface area contributed by atoms with Gasteiger partial charge in [-0.3, -0.25) is 0 Å². The first-order chi connectivity index (χ1) is 25.8. The van der Waals surface area contributed by atoms with Gasteiger partial charge in [0.15, 0.2) is 0 Å². The Morgan fingerprint density at radius 1 is 0.423 bits per heavy atom. The number of hydrogen-bond acceptors (Lipinski definition) is 3. The standard InChI is InChI=1S/C49H31NOS/c1-3-15-32(16-4-1)33-17-13-20-35(29-33)50(34-18-5-2-6-19-34)43-25-14-28-46-48(43)38-30-37-36-21-7-8-22-39(36)49(42(37)31-47(38)52-46)40-23-9-11-26-44(40)51-45-27-12-10-24-41(45)49/h1-31H. The van der Waals surface area contributed by atoms with Gasteiger partial charge in [0.05, 0.1) is 11.1 Å². The number of ether oxygens (including phenoxy) is 1. The zero-order chi connectivity index (χ0) is 34.2. The van der Waals surface area contributed by atoms with Crippen molar-refractivity contribution in [3.63, 3.8) is 0 Å². The number of para-hydroxylation sites is 3. The third-order valence-electron chi connectivity index (χ3n) is 10.9. The van der Waals surface area contributed by atoms with Crippen molar-refractivity contribution in [3.05, 3.63) is 210 Å². The molecule has 1 aromatic heterocycles. The van der Waals surface area contributed by atoms with Crippen LogP contribution in [0, 0.1) is 0 Å². The first-order valence-corrected chi connectivity index (χ1v) is 18.6. The second-order valence-electron chi connectivity index (χ2n) is 13.6. The van der Waals surface area contributed by atoms with Crippen LogP contribution in [0.2, 0.25) is 0 Å². The summed E-state index contributed by atoms with van der Waals surface area (Å²) >= 11 is 1.88. The topological polar surface area (TPSA) is 12.5 Å². The van der Waals surface area contributed by atoms with Crippen LogP contribution in [0.15, 0.2) is 188 Å². The van der Waals surface area contributed by atoms with Gasteiger partial charge in [-0.15, -0.1) is 11.3 Å². The van der Waals surface area contributed by atoms with Gasteiger partial charge in [0.25, 0.3) is 0 Å². The molecule has 11 rings (SSSR count). The number of hydrogen-bond donors (Lipinski definition) is 0. The summed E-state index contributed by atoms with van der Waals surface area (Å²) in [6.45, 7) is 0. The quantitative estimate of drug-likeness (QED) is 0.183. The highest BCUT2D eigenvalue weighted by atomic mass is 32.1. The molecule has 1 spiro atoms. The summed E-state index contributed by atoms with van der Waals surface area (Å²) in [4.78, 5) is 2.43. The Balaban J connectivity index is 1.19. The van der Waals surface area contributed by atoms with E-state index < -0.39 is 5.41 Å². The first-order valence-electron chi connectivity index (χ1n) is 17.8. The van der Waals surface area contributed by atoms with Crippen LogP contribution in [-0.4, -0.2) is 0 Å². The molecule has 0 bridgehead atoms. The second-order valence-corrected chi connectivity index (χ2v) is 14.7. The van der Waals surface area contributed by atoms with E-state index in [1.54, 1.807) is 0 Å². The number of anilines is 3. The van der Waals surface area contributed by atoms with Crippen LogP contribution < -0.4 is 9.64 Å². The highest BCUT2D eigenvalue weighted by Crippen LogP contribution is 2.63. The monoisotopic (exact) mass is 681 g/mol. The lowest BCUT2D eigenvalue weighted by molar-refractivity contribution is 0.436. The van der Waals surface area contributed by atoms with E-state index in [4.69, 9.17) is 4.74 Å². The average molecular weight is 682 g/mol. The highest BCUT2D eigenvalue weighted by molar-refractivity contribution is 7.26. The van der Waals surface area contributed by atoms with Crippen molar-refractivity contribution in [2.75, 3.05) is 4.90 Å². The summed E-state index contributed by atoms with van der Waals surface area (Å²) in [6.07, 6.45) is 0. The molecule has 0 saturated heterocycles. The molecule has 0 amide bonds. The van der Waals surface area contributed by atoms with Crippen molar-refractivity contribution in [2.24, 2.45) is 0 Å². The lowest BCUT2D eigenvalue weighted by Crippen LogP contribution is -2.32. The SMILES string of the molecule is c1ccc(-c2cccc(N(c3ccccc3)c3cccc4sc5cc6c(cc5c34)-c3ccccc3C63c4ccccc4Oc4ccccc43)c2)cc1. The van der Waals surface area contributed by atoms with Gasteiger partial charge in [-0.2, -0.15) is 0 Å². The summed E-state index contributed by atoms with van der Waals surface area (Å²) in [7, 11) is 0. The van der Waals surface area contributed by atoms with E-state index in [9.17, 15) is 0 Å². The fourth-order valence-corrected chi connectivity index (χ4v) is 9.94. The lowest BCUT2D eigenvalue weighted by Gasteiger charge is -2.39. The molecule has 52 heavy (non-hydrogen) atoms. The Morgan fingerprint density at radius 2 is 1.04 bits per heavy atom. The van der Waals surface area contributed by atoms with Crippen molar-refractivity contribution in [1.82, 2.24) is 0 Å². The van der Waals surface area contributed by atoms with Crippen molar-refractivity contribution >= 4 is 48.6 Å². The van der Waals surface area contributed by atoms with Gasteiger partial charge >= 0.3 is 0 Å².